The Bertz CT molecular complexity index is 804. The molecule has 0 aliphatic carbocycles. The van der Waals surface area contributed by atoms with Crippen molar-refractivity contribution in [3.63, 3.8) is 0 Å². The summed E-state index contributed by atoms with van der Waals surface area (Å²) in [4.78, 5) is 40.0. The molecule has 2 heterocycles. The first-order chi connectivity index (χ1) is 12.1. The smallest absolute Gasteiger partial charge is 0.307 e. The normalized spacial score (nSPS) is 14.6. The minimum absolute atomic E-state index is 0.00755. The molecule has 0 radical (unpaired) electrons. The number of thiazole rings is 1. The second-order valence-electron chi connectivity index (χ2n) is 6.08. The third-order valence-corrected chi connectivity index (χ3v) is 5.35. The van der Waals surface area contributed by atoms with Crippen LogP contribution in [0.2, 0.25) is 0 Å². The second-order valence-corrected chi connectivity index (χ2v) is 6.90. The summed E-state index contributed by atoms with van der Waals surface area (Å²) in [7, 11) is 0. The van der Waals surface area contributed by atoms with E-state index in [1.807, 2.05) is 25.1 Å². The van der Waals surface area contributed by atoms with E-state index in [0.717, 1.165) is 17.0 Å². The summed E-state index contributed by atoms with van der Waals surface area (Å²) in [5, 5.41) is 1.81. The number of rotatable bonds is 4. The molecule has 1 aliphatic rings. The number of carbonyl (C=O) groups is 2. The maximum atomic E-state index is 12.4. The first kappa shape index (κ1) is 17.4. The van der Waals surface area contributed by atoms with E-state index >= 15 is 0 Å². The number of aromatic nitrogens is 1. The van der Waals surface area contributed by atoms with Crippen LogP contribution in [0.5, 0.6) is 0 Å². The largest absolute Gasteiger partial charge is 0.339 e. The van der Waals surface area contributed by atoms with Gasteiger partial charge in [0.25, 0.3) is 5.91 Å². The van der Waals surface area contributed by atoms with Gasteiger partial charge in [-0.2, -0.15) is 0 Å². The molecule has 0 atom stereocenters. The molecule has 0 spiro atoms. The average molecular weight is 359 g/mol. The van der Waals surface area contributed by atoms with Crippen LogP contribution in [0.3, 0.4) is 0 Å². The summed E-state index contributed by atoms with van der Waals surface area (Å²) in [5.74, 6) is 0.0393. The van der Waals surface area contributed by atoms with Crippen LogP contribution < -0.4 is 4.87 Å². The van der Waals surface area contributed by atoms with E-state index in [1.165, 1.54) is 0 Å². The monoisotopic (exact) mass is 359 g/mol. The highest BCUT2D eigenvalue weighted by molar-refractivity contribution is 7.07. The molecule has 1 aliphatic heterocycles. The van der Waals surface area contributed by atoms with Crippen molar-refractivity contribution in [2.75, 3.05) is 26.2 Å². The summed E-state index contributed by atoms with van der Waals surface area (Å²) in [6.45, 7) is 4.43. The van der Waals surface area contributed by atoms with Gasteiger partial charge in [-0.3, -0.25) is 14.4 Å². The van der Waals surface area contributed by atoms with E-state index in [0.29, 0.717) is 44.7 Å². The van der Waals surface area contributed by atoms with Crippen LogP contribution in [0.1, 0.15) is 22.5 Å². The maximum Gasteiger partial charge on any atom is 0.307 e. The predicted molar refractivity (Wildman–Crippen MR) is 96.9 cm³/mol. The minimum atomic E-state index is -0.0245. The number of piperazine rings is 1. The maximum absolute atomic E-state index is 12.4. The van der Waals surface area contributed by atoms with Crippen molar-refractivity contribution in [3.8, 4) is 0 Å². The number of hydrogen-bond donors (Lipinski definition) is 0. The Labute approximate surface area is 150 Å². The standard InChI is InChI=1S/C18H21N3O3S/c1-14-13-25-18(24)21(14)8-7-16(22)19-9-11-20(12-10-19)17(23)15-5-3-2-4-6-15/h2-6,13H,7-12H2,1H3. The van der Waals surface area contributed by atoms with E-state index < -0.39 is 0 Å². The number of nitrogens with zero attached hydrogens (tertiary/aromatic N) is 3. The molecule has 25 heavy (non-hydrogen) atoms. The van der Waals surface area contributed by atoms with E-state index in [-0.39, 0.29) is 16.7 Å². The summed E-state index contributed by atoms with van der Waals surface area (Å²) in [6, 6.07) is 9.19. The Hall–Kier alpha value is -2.41. The lowest BCUT2D eigenvalue weighted by atomic mass is 10.2. The third-order valence-electron chi connectivity index (χ3n) is 4.47. The first-order valence-electron chi connectivity index (χ1n) is 8.33. The van der Waals surface area contributed by atoms with E-state index in [2.05, 4.69) is 0 Å². The fraction of sp³-hybridized carbons (Fsp3) is 0.389. The van der Waals surface area contributed by atoms with Gasteiger partial charge >= 0.3 is 4.87 Å². The minimum Gasteiger partial charge on any atom is -0.339 e. The summed E-state index contributed by atoms with van der Waals surface area (Å²) in [6.07, 6.45) is 0.310. The van der Waals surface area contributed by atoms with Gasteiger partial charge in [0.15, 0.2) is 0 Å². The Morgan fingerprint density at radius 1 is 1.04 bits per heavy atom. The summed E-state index contributed by atoms with van der Waals surface area (Å²) >= 11 is 1.16. The molecule has 3 rings (SSSR count). The van der Waals surface area contributed by atoms with Crippen molar-refractivity contribution in [1.29, 1.82) is 0 Å². The number of carbonyl (C=O) groups excluding carboxylic acids is 2. The van der Waals surface area contributed by atoms with Crippen molar-refractivity contribution in [2.24, 2.45) is 0 Å². The van der Waals surface area contributed by atoms with Gasteiger partial charge < -0.3 is 14.4 Å². The van der Waals surface area contributed by atoms with Crippen molar-refractivity contribution >= 4 is 23.2 Å². The van der Waals surface area contributed by atoms with Crippen molar-refractivity contribution < 1.29 is 9.59 Å². The van der Waals surface area contributed by atoms with E-state index in [1.54, 1.807) is 31.9 Å². The molecule has 6 nitrogen and oxygen atoms in total. The third kappa shape index (κ3) is 3.99. The lowest BCUT2D eigenvalue weighted by Gasteiger charge is -2.35. The van der Waals surface area contributed by atoms with Crippen LogP contribution in [0.4, 0.5) is 0 Å². The average Bonchev–Trinajstić information content (AvgIpc) is 2.98. The lowest BCUT2D eigenvalue weighted by molar-refractivity contribution is -0.132. The Balaban J connectivity index is 1.51. The molecule has 0 N–H and O–H groups in total. The number of aryl methyl sites for hydroxylation is 1. The Kier molecular flexibility index (Phi) is 5.33. The fourth-order valence-electron chi connectivity index (χ4n) is 2.96. The quantitative estimate of drug-likeness (QED) is 0.833. The van der Waals surface area contributed by atoms with Gasteiger partial charge in [-0.05, 0) is 19.1 Å². The molecule has 7 heteroatoms. The van der Waals surface area contributed by atoms with Crippen LogP contribution >= 0.6 is 11.3 Å². The molecule has 1 aromatic carbocycles. The van der Waals surface area contributed by atoms with Crippen molar-refractivity contribution in [2.45, 2.75) is 19.9 Å². The highest BCUT2D eigenvalue weighted by Crippen LogP contribution is 2.10. The zero-order chi connectivity index (χ0) is 17.8. The first-order valence-corrected chi connectivity index (χ1v) is 9.21. The second kappa shape index (κ2) is 7.65. The molecule has 1 aromatic heterocycles. The predicted octanol–water partition coefficient (Wildman–Crippen LogP) is 1.59. The van der Waals surface area contributed by atoms with Gasteiger partial charge in [0, 0.05) is 55.8 Å². The fourth-order valence-corrected chi connectivity index (χ4v) is 3.72. The summed E-state index contributed by atoms with van der Waals surface area (Å²) in [5.41, 5.74) is 1.57. The van der Waals surface area contributed by atoms with Gasteiger partial charge in [-0.15, -0.1) is 0 Å². The zero-order valence-electron chi connectivity index (χ0n) is 14.2. The molecule has 2 aromatic rings. The number of benzene rings is 1. The van der Waals surface area contributed by atoms with E-state index in [4.69, 9.17) is 0 Å². The highest BCUT2D eigenvalue weighted by Gasteiger charge is 2.24. The number of amides is 2. The molecule has 1 fully saturated rings. The van der Waals surface area contributed by atoms with Gasteiger partial charge in [-0.1, -0.05) is 29.5 Å². The molecular weight excluding hydrogens is 338 g/mol. The van der Waals surface area contributed by atoms with Crippen LogP contribution in [0.25, 0.3) is 0 Å². The lowest BCUT2D eigenvalue weighted by Crippen LogP contribution is -2.50. The van der Waals surface area contributed by atoms with Crippen LogP contribution in [0, 0.1) is 6.92 Å². The molecule has 132 valence electrons. The SMILES string of the molecule is Cc1csc(=O)n1CCC(=O)N1CCN(C(=O)c2ccccc2)CC1. The Morgan fingerprint density at radius 2 is 1.68 bits per heavy atom. The zero-order valence-corrected chi connectivity index (χ0v) is 15.0. The van der Waals surface area contributed by atoms with Gasteiger partial charge in [-0.25, -0.2) is 0 Å². The van der Waals surface area contributed by atoms with Gasteiger partial charge in [0.05, 0.1) is 0 Å². The molecule has 1 saturated heterocycles. The molecule has 0 saturated carbocycles. The van der Waals surface area contributed by atoms with Gasteiger partial charge in [0.2, 0.25) is 5.91 Å². The molecule has 2 amide bonds. The van der Waals surface area contributed by atoms with Crippen LogP contribution in [-0.4, -0.2) is 52.4 Å². The van der Waals surface area contributed by atoms with Crippen LogP contribution in [-0.2, 0) is 11.3 Å². The van der Waals surface area contributed by atoms with Crippen molar-refractivity contribution in [3.05, 3.63) is 56.6 Å². The highest BCUT2D eigenvalue weighted by atomic mass is 32.1. The van der Waals surface area contributed by atoms with E-state index in [9.17, 15) is 14.4 Å². The number of hydrogen-bond acceptors (Lipinski definition) is 4. The van der Waals surface area contributed by atoms with Crippen LogP contribution in [0.15, 0.2) is 40.5 Å². The molecule has 0 bridgehead atoms. The topological polar surface area (TPSA) is 62.6 Å². The molecular formula is C18H21N3O3S. The summed E-state index contributed by atoms with van der Waals surface area (Å²) < 4.78 is 1.64. The molecule has 0 unspecified atom stereocenters. The van der Waals surface area contributed by atoms with Crippen molar-refractivity contribution in [1.82, 2.24) is 14.4 Å². The van der Waals surface area contributed by atoms with Gasteiger partial charge in [0.1, 0.15) is 0 Å². The Morgan fingerprint density at radius 3 is 2.28 bits per heavy atom.